The van der Waals surface area contributed by atoms with Gasteiger partial charge in [-0.3, -0.25) is 4.79 Å². The largest absolute Gasteiger partial charge is 0.490 e. The molecule has 1 aromatic carbocycles. The van der Waals surface area contributed by atoms with E-state index in [0.717, 1.165) is 0 Å². The molecule has 8 heteroatoms. The number of benzene rings is 1. The van der Waals surface area contributed by atoms with Gasteiger partial charge in [0, 0.05) is 13.1 Å². The lowest BCUT2D eigenvalue weighted by atomic mass is 10.1. The lowest BCUT2D eigenvalue weighted by molar-refractivity contribution is -0.137. The maximum Gasteiger partial charge on any atom is 0.260 e. The number of rotatable bonds is 7. The molecule has 0 spiro atoms. The predicted octanol–water partition coefficient (Wildman–Crippen LogP) is 1.52. The van der Waals surface area contributed by atoms with E-state index in [-0.39, 0.29) is 23.1 Å². The molecule has 1 fully saturated rings. The van der Waals surface area contributed by atoms with E-state index in [4.69, 9.17) is 37.4 Å². The monoisotopic (exact) mass is 375 g/mol. The van der Waals surface area contributed by atoms with E-state index in [2.05, 4.69) is 0 Å². The fourth-order valence-electron chi connectivity index (χ4n) is 2.37. The number of ether oxygens (including phenoxy) is 3. The molecule has 7 nitrogen and oxygen atoms in total. The SMILES string of the molecule is CCOc1cc(/C=C(/C#N)C(N)=S)ccc1OCC(=O)N1CCOCC1. The standard InChI is InChI=1S/C18H21N3O4S/c1-2-24-16-10-13(9-14(11-19)18(20)26)3-4-15(16)25-12-17(22)21-5-7-23-8-6-21/h3-4,9-10H,2,5-8,12H2,1H3,(H2,20,26)/b14-9-. The third-order valence-electron chi connectivity index (χ3n) is 3.68. The van der Waals surface area contributed by atoms with Gasteiger partial charge in [-0.05, 0) is 30.7 Å². The van der Waals surface area contributed by atoms with Crippen molar-refractivity contribution in [3.05, 3.63) is 29.3 Å². The molecule has 1 amide bonds. The molecule has 1 aromatic rings. The van der Waals surface area contributed by atoms with Crippen LogP contribution in [0.2, 0.25) is 0 Å². The average Bonchev–Trinajstić information content (AvgIpc) is 2.65. The molecule has 0 aromatic heterocycles. The second-order valence-corrected chi connectivity index (χ2v) is 5.89. The summed E-state index contributed by atoms with van der Waals surface area (Å²) >= 11 is 4.84. The molecule has 1 aliphatic rings. The van der Waals surface area contributed by atoms with Gasteiger partial charge in [0.2, 0.25) is 0 Å². The number of carbonyl (C=O) groups is 1. The predicted molar refractivity (Wildman–Crippen MR) is 101 cm³/mol. The van der Waals surface area contributed by atoms with Gasteiger partial charge >= 0.3 is 0 Å². The molecular weight excluding hydrogens is 354 g/mol. The van der Waals surface area contributed by atoms with Crippen molar-refractivity contribution in [3.63, 3.8) is 0 Å². The van der Waals surface area contributed by atoms with Gasteiger partial charge in [0.25, 0.3) is 5.91 Å². The minimum Gasteiger partial charge on any atom is -0.490 e. The number of hydrogen-bond donors (Lipinski definition) is 1. The van der Waals surface area contributed by atoms with Crippen LogP contribution in [0, 0.1) is 11.3 Å². The fraction of sp³-hybridized carbons (Fsp3) is 0.389. The van der Waals surface area contributed by atoms with Gasteiger partial charge in [-0.25, -0.2) is 0 Å². The number of hydrogen-bond acceptors (Lipinski definition) is 6. The maximum atomic E-state index is 12.2. The number of amides is 1. The average molecular weight is 375 g/mol. The first-order valence-corrected chi connectivity index (χ1v) is 8.62. The van der Waals surface area contributed by atoms with E-state index >= 15 is 0 Å². The molecule has 1 aliphatic heterocycles. The minimum absolute atomic E-state index is 0.0295. The minimum atomic E-state index is -0.0973. The lowest BCUT2D eigenvalue weighted by Gasteiger charge is -2.26. The van der Waals surface area contributed by atoms with Crippen LogP contribution in [-0.4, -0.2) is 55.3 Å². The van der Waals surface area contributed by atoms with E-state index in [1.165, 1.54) is 0 Å². The van der Waals surface area contributed by atoms with E-state index in [0.29, 0.717) is 50.0 Å². The zero-order chi connectivity index (χ0) is 18.9. The summed E-state index contributed by atoms with van der Waals surface area (Å²) in [7, 11) is 0. The van der Waals surface area contributed by atoms with E-state index in [9.17, 15) is 4.79 Å². The van der Waals surface area contributed by atoms with Crippen LogP contribution >= 0.6 is 12.2 Å². The summed E-state index contributed by atoms with van der Waals surface area (Å²) in [6.07, 6.45) is 1.58. The quantitative estimate of drug-likeness (QED) is 0.438. The summed E-state index contributed by atoms with van der Waals surface area (Å²) in [4.78, 5) is 13.9. The molecular formula is C18H21N3O4S. The number of morpholine rings is 1. The number of carbonyl (C=O) groups excluding carboxylic acids is 1. The summed E-state index contributed by atoms with van der Waals surface area (Å²) in [5, 5.41) is 9.06. The highest BCUT2D eigenvalue weighted by Gasteiger charge is 2.18. The van der Waals surface area contributed by atoms with Gasteiger partial charge in [0.05, 0.1) is 25.4 Å². The number of nitrogens with zero attached hydrogens (tertiary/aromatic N) is 2. The van der Waals surface area contributed by atoms with Crippen LogP contribution in [-0.2, 0) is 9.53 Å². The van der Waals surface area contributed by atoms with Crippen molar-refractivity contribution in [2.24, 2.45) is 5.73 Å². The Kier molecular flexibility index (Phi) is 7.38. The Bertz CT molecular complexity index is 736. The van der Waals surface area contributed by atoms with Crippen LogP contribution in [0.3, 0.4) is 0 Å². The van der Waals surface area contributed by atoms with Crippen LogP contribution in [0.1, 0.15) is 12.5 Å². The molecule has 2 rings (SSSR count). The maximum absolute atomic E-state index is 12.2. The van der Waals surface area contributed by atoms with Gasteiger partial charge in [-0.15, -0.1) is 0 Å². The van der Waals surface area contributed by atoms with Crippen LogP contribution in [0.25, 0.3) is 6.08 Å². The second-order valence-electron chi connectivity index (χ2n) is 5.46. The lowest BCUT2D eigenvalue weighted by Crippen LogP contribution is -2.43. The van der Waals surface area contributed by atoms with Crippen molar-refractivity contribution in [2.45, 2.75) is 6.92 Å². The molecule has 0 atom stereocenters. The fourth-order valence-corrected chi connectivity index (χ4v) is 2.48. The third kappa shape index (κ3) is 5.44. The first kappa shape index (κ1) is 19.7. The molecule has 138 valence electrons. The molecule has 26 heavy (non-hydrogen) atoms. The van der Waals surface area contributed by atoms with Crippen LogP contribution < -0.4 is 15.2 Å². The molecule has 2 N–H and O–H groups in total. The van der Waals surface area contributed by atoms with E-state index in [1.54, 1.807) is 29.2 Å². The Hall–Kier alpha value is -2.63. The zero-order valence-electron chi connectivity index (χ0n) is 14.6. The Morgan fingerprint density at radius 2 is 2.12 bits per heavy atom. The topological polar surface area (TPSA) is 97.8 Å². The van der Waals surface area contributed by atoms with Gasteiger partial charge in [-0.1, -0.05) is 18.3 Å². The highest BCUT2D eigenvalue weighted by atomic mass is 32.1. The van der Waals surface area contributed by atoms with Crippen molar-refractivity contribution >= 4 is 29.2 Å². The van der Waals surface area contributed by atoms with Crippen molar-refractivity contribution in [3.8, 4) is 17.6 Å². The van der Waals surface area contributed by atoms with Gasteiger partial charge < -0.3 is 24.8 Å². The second kappa shape index (κ2) is 9.75. The normalized spacial score (nSPS) is 14.5. The van der Waals surface area contributed by atoms with Gasteiger partial charge in [0.1, 0.15) is 11.1 Å². The Morgan fingerprint density at radius 3 is 2.73 bits per heavy atom. The number of nitrogens with two attached hydrogens (primary N) is 1. The Morgan fingerprint density at radius 1 is 1.38 bits per heavy atom. The van der Waals surface area contributed by atoms with Crippen molar-refractivity contribution in [1.29, 1.82) is 5.26 Å². The zero-order valence-corrected chi connectivity index (χ0v) is 15.4. The highest BCUT2D eigenvalue weighted by Crippen LogP contribution is 2.29. The first-order valence-electron chi connectivity index (χ1n) is 8.22. The molecule has 1 heterocycles. The molecule has 0 aliphatic carbocycles. The van der Waals surface area contributed by atoms with Gasteiger partial charge in [0.15, 0.2) is 18.1 Å². The van der Waals surface area contributed by atoms with Crippen LogP contribution in [0.5, 0.6) is 11.5 Å². The smallest absolute Gasteiger partial charge is 0.260 e. The number of nitriles is 1. The van der Waals surface area contributed by atoms with Crippen molar-refractivity contribution in [1.82, 2.24) is 4.90 Å². The van der Waals surface area contributed by atoms with E-state index in [1.807, 2.05) is 13.0 Å². The molecule has 0 radical (unpaired) electrons. The van der Waals surface area contributed by atoms with Crippen LogP contribution in [0.15, 0.2) is 23.8 Å². The third-order valence-corrected chi connectivity index (χ3v) is 3.90. The Labute approximate surface area is 157 Å². The number of thiocarbonyl (C=S) groups is 1. The molecule has 0 unspecified atom stereocenters. The summed E-state index contributed by atoms with van der Waals surface area (Å²) in [6.45, 7) is 4.43. The molecule has 0 saturated carbocycles. The summed E-state index contributed by atoms with van der Waals surface area (Å²) in [5.41, 5.74) is 6.41. The van der Waals surface area contributed by atoms with Crippen molar-refractivity contribution < 1.29 is 19.0 Å². The summed E-state index contributed by atoms with van der Waals surface area (Å²) in [6, 6.07) is 7.11. The molecule has 0 bridgehead atoms. The highest BCUT2D eigenvalue weighted by molar-refractivity contribution is 7.80. The Balaban J connectivity index is 2.11. The van der Waals surface area contributed by atoms with Crippen molar-refractivity contribution in [2.75, 3.05) is 39.5 Å². The summed E-state index contributed by atoms with van der Waals surface area (Å²) in [5.74, 6) is 0.843. The first-order chi connectivity index (χ1) is 12.5. The summed E-state index contributed by atoms with van der Waals surface area (Å²) < 4.78 is 16.5. The van der Waals surface area contributed by atoms with Gasteiger partial charge in [-0.2, -0.15) is 5.26 Å². The van der Waals surface area contributed by atoms with Crippen LogP contribution in [0.4, 0.5) is 0 Å². The van der Waals surface area contributed by atoms with E-state index < -0.39 is 0 Å². The molecule has 1 saturated heterocycles.